The fourth-order valence-electron chi connectivity index (χ4n) is 11.0. The Balaban J connectivity index is 0.00000162. The van der Waals surface area contributed by atoms with Gasteiger partial charge in [-0.3, -0.25) is 67.3 Å². The first kappa shape index (κ1) is 127. The Bertz CT molecular complexity index is 4790. The summed E-state index contributed by atoms with van der Waals surface area (Å²) in [6, 6.07) is 23.0. The second-order valence-corrected chi connectivity index (χ2v) is 30.4. The van der Waals surface area contributed by atoms with Crippen molar-refractivity contribution < 1.29 is 252 Å². The van der Waals surface area contributed by atoms with Crippen LogP contribution in [0.4, 0.5) is 70.2 Å². The molecule has 0 radical (unpaired) electrons. The van der Waals surface area contributed by atoms with Crippen LogP contribution in [0.1, 0.15) is 82.4 Å². The summed E-state index contributed by atoms with van der Waals surface area (Å²) in [6.07, 6.45) is 4.65. The summed E-state index contributed by atoms with van der Waals surface area (Å²) in [5, 5.41) is 142. The molecule has 3 unspecified atom stereocenters. The lowest BCUT2D eigenvalue weighted by molar-refractivity contribution is -0.448. The summed E-state index contributed by atoms with van der Waals surface area (Å²) in [5.41, 5.74) is 2.53. The number of thioether (sulfide) groups is 1. The van der Waals surface area contributed by atoms with E-state index in [-0.39, 0.29) is 62.2 Å². The van der Waals surface area contributed by atoms with Gasteiger partial charge in [0.05, 0.1) is 127 Å². The molecule has 1 aliphatic carbocycles. The van der Waals surface area contributed by atoms with Gasteiger partial charge >= 0.3 is 143 Å². The van der Waals surface area contributed by atoms with Crippen molar-refractivity contribution in [2.24, 2.45) is 23.7 Å². The summed E-state index contributed by atoms with van der Waals surface area (Å²) in [7, 11) is 0. The standard InChI is InChI=1S/C16H30N2O8.C14H14N2O5.C10H2F16O4.2C10H10O4.C9H12O4.C6H4O4S.C6H10O4S/c19-15(20)13-17-1-5-23-9-10-25-7-3-18(14-16(21)22)4-8-26-12-11-24-6-2-17;17-12(16-11(14(20)21)6-13(18)19)5-8-7-15-10-4-2-1-3-9(8)10;11-3(12,1(27)28)5(15,16)7(19,20)9(23,24)10(25,26)8(21,22)6(17,18)4(13,14)2(29)30;11-9(12)6-8(10(13)14)7-4-2-1-3-5-7;11-9(12)8(10(13)14)6-7-4-2-1-3-5-7;1-5-3-2-4-6(8(10)11)7(5)9(12)13;7-5(8)3-1-11-2-4(3)6(9)10;7-5(8)1-3-11-4-2-6(9)10/h1-14H2,(H,19,20)(H,21,22);1-4,7,11,15H,5-6H2,(H,16,17)(H,18,19)(H,20,21);(H,27,28)(H,29,30);2*1-5,8H,6H2,(H,11,12)(H,13,14);2-3,5-7H,4H2,1H3,(H,10,11)(H,12,13);1-2H,(H,7,8)(H,9,10);1-4H2,(H,7,8)(H,9,10)/t;11-;;8-;;;;/m.0.1..../s1. The number of nitrogens with one attached hydrogen (secondary N) is 2. The quantitative estimate of drug-likeness (QED) is 0.00763. The van der Waals surface area contributed by atoms with Crippen LogP contribution >= 0.6 is 23.1 Å². The van der Waals surface area contributed by atoms with Crippen molar-refractivity contribution in [3.63, 3.8) is 0 Å². The highest BCUT2D eigenvalue weighted by Crippen LogP contribution is 2.64. The Labute approximate surface area is 785 Å². The topological polar surface area (TPSA) is 685 Å². The zero-order chi connectivity index (χ0) is 108. The van der Waals surface area contributed by atoms with Gasteiger partial charge in [0.2, 0.25) is 5.91 Å². The number of nitrogens with zero attached hydrogens (tertiary/aromatic N) is 2. The first-order chi connectivity index (χ1) is 64.7. The number of aromatic carboxylic acids is 2. The maximum Gasteiger partial charge on any atom is 0.410 e. The van der Waals surface area contributed by atoms with Gasteiger partial charge in [-0.1, -0.05) is 97.9 Å². The Morgan fingerprint density at radius 3 is 1.16 bits per heavy atom. The van der Waals surface area contributed by atoms with E-state index in [0.717, 1.165) is 27.8 Å². The van der Waals surface area contributed by atoms with Crippen molar-refractivity contribution in [2.75, 3.05) is 104 Å². The Kier molecular flexibility index (Phi) is 54.1. The summed E-state index contributed by atoms with van der Waals surface area (Å²) < 4.78 is 229. The average Bonchev–Trinajstić information content (AvgIpc) is 0.789. The molecule has 7 rings (SSSR count). The minimum Gasteiger partial charge on any atom is -0.481 e. The molecule has 41 nitrogen and oxygen atoms in total. The second kappa shape index (κ2) is 59.8. The number of H-pyrrole nitrogens is 1. The summed E-state index contributed by atoms with van der Waals surface area (Å²) in [6.45, 7) is 6.85. The molecule has 2 aliphatic rings. The van der Waals surface area contributed by atoms with Crippen molar-refractivity contribution in [3.05, 3.63) is 142 Å². The molecule has 59 heteroatoms. The van der Waals surface area contributed by atoms with Crippen LogP contribution in [0.25, 0.3) is 10.9 Å². The van der Waals surface area contributed by atoms with Gasteiger partial charge in [-0.15, -0.1) is 0 Å². The van der Waals surface area contributed by atoms with Gasteiger partial charge < -0.3 is 111 Å². The van der Waals surface area contributed by atoms with Crippen molar-refractivity contribution in [1.29, 1.82) is 0 Å². The summed E-state index contributed by atoms with van der Waals surface area (Å²) >= 11 is 2.41. The van der Waals surface area contributed by atoms with Crippen LogP contribution in [0.3, 0.4) is 0 Å². The number of para-hydroxylation sites is 1. The molecule has 0 bridgehead atoms. The van der Waals surface area contributed by atoms with E-state index in [0.29, 0.717) is 108 Å². The number of hydrogen-bond acceptors (Lipinski definition) is 25. The number of carbonyl (C=O) groups excluding carboxylic acids is 1. The number of rotatable bonds is 37. The third kappa shape index (κ3) is 41.0. The van der Waals surface area contributed by atoms with Gasteiger partial charge in [0, 0.05) is 65.5 Å². The number of aliphatic carboxylic acids is 14. The number of aromatic nitrogens is 1. The third-order valence-electron chi connectivity index (χ3n) is 18.2. The number of alkyl halides is 16. The number of halogens is 16. The molecule has 140 heavy (non-hydrogen) atoms. The summed E-state index contributed by atoms with van der Waals surface area (Å²) in [4.78, 5) is 186. The van der Waals surface area contributed by atoms with Crippen LogP contribution in [0, 0.1) is 23.7 Å². The van der Waals surface area contributed by atoms with Crippen molar-refractivity contribution in [3.8, 4) is 0 Å². The van der Waals surface area contributed by atoms with Crippen LogP contribution in [0.15, 0.2) is 114 Å². The lowest BCUT2D eigenvalue weighted by atomic mass is 9.77. The van der Waals surface area contributed by atoms with Crippen LogP contribution < -0.4 is 5.32 Å². The van der Waals surface area contributed by atoms with Crippen molar-refractivity contribution in [2.45, 2.75) is 111 Å². The molecule has 1 aliphatic heterocycles. The van der Waals surface area contributed by atoms with Crippen LogP contribution in [-0.2, 0) is 104 Å². The van der Waals surface area contributed by atoms with E-state index >= 15 is 0 Å². The third-order valence-corrected chi connectivity index (χ3v) is 20.0. The van der Waals surface area contributed by atoms with Gasteiger partial charge in [-0.05, 0) is 41.5 Å². The van der Waals surface area contributed by atoms with Gasteiger partial charge in [0.15, 0.2) is 5.92 Å². The number of hydrogen-bond donors (Lipinski definition) is 18. The number of allylic oxidation sites excluding steroid dienone is 2. The SMILES string of the molecule is CC1C=CCC(C(=O)O)C1C(=O)O.O=C(O)C(Cc1ccccc1)C(=O)O.O=C(O)C(F)(F)C(F)(F)C(F)(F)C(F)(F)C(F)(F)C(F)(F)C(F)(F)C(F)(F)C(=O)O.O=C(O)CCSCCC(=O)O.O=C(O)CN1CCOCCOCCN(CC(=O)O)CCOCCOCC1.O=C(O)C[C@@H](C(=O)O)c1ccccc1.O=C(O)C[C@H](NC(=O)Cc1c[nH]c2ccccc12)C(=O)O.O=C(O)c1cscc1C(=O)O. The number of ether oxygens (including phenoxy) is 4. The molecule has 1 amide bonds. The number of benzene rings is 3. The Morgan fingerprint density at radius 2 is 0.829 bits per heavy atom. The Hall–Kier alpha value is -13.4. The fourth-order valence-corrected chi connectivity index (χ4v) is 12.6. The maximum atomic E-state index is 13.2. The molecule has 3 aromatic carbocycles. The van der Waals surface area contributed by atoms with Gasteiger partial charge in [-0.25, -0.2) is 24.0 Å². The molecule has 1 fully saturated rings. The van der Waals surface area contributed by atoms with E-state index < -0.39 is 185 Å². The number of aromatic amines is 1. The highest BCUT2D eigenvalue weighted by molar-refractivity contribution is 7.99. The molecular formula is C81H92F16N4O37S2. The lowest BCUT2D eigenvalue weighted by Crippen LogP contribution is -2.75. The first-order valence-electron chi connectivity index (χ1n) is 39.3. The smallest absolute Gasteiger partial charge is 0.410 e. The molecule has 1 saturated heterocycles. The number of carboxylic acid groups (broad SMARTS) is 16. The predicted molar refractivity (Wildman–Crippen MR) is 443 cm³/mol. The normalized spacial score (nSPS) is 15.9. The zero-order valence-electron chi connectivity index (χ0n) is 72.2. The average molecular weight is 2080 g/mol. The first-order valence-corrected chi connectivity index (χ1v) is 41.4. The van der Waals surface area contributed by atoms with Crippen LogP contribution in [0.5, 0.6) is 0 Å². The highest BCUT2D eigenvalue weighted by Gasteiger charge is 2.96. The Morgan fingerprint density at radius 1 is 0.450 bits per heavy atom. The lowest BCUT2D eigenvalue weighted by Gasteiger charge is -2.42. The van der Waals surface area contributed by atoms with Gasteiger partial charge in [-0.2, -0.15) is 93.3 Å². The highest BCUT2D eigenvalue weighted by atomic mass is 32.2. The largest absolute Gasteiger partial charge is 0.481 e. The number of amides is 1. The van der Waals surface area contributed by atoms with Crippen molar-refractivity contribution >= 4 is 135 Å². The molecular weight excluding hydrogens is 1990 g/mol. The van der Waals surface area contributed by atoms with E-state index in [9.17, 15) is 152 Å². The predicted octanol–water partition coefficient (Wildman–Crippen LogP) is 8.97. The number of fused-ring (bicyclic) bond motifs is 1. The molecule has 0 saturated carbocycles. The number of thiophene rings is 1. The molecule has 3 heterocycles. The van der Waals surface area contributed by atoms with Crippen LogP contribution in [0.2, 0.25) is 0 Å². The molecule has 5 atom stereocenters. The van der Waals surface area contributed by atoms with E-state index in [1.165, 1.54) is 22.5 Å². The minimum atomic E-state index is -8.80. The van der Waals surface area contributed by atoms with E-state index in [1.54, 1.807) is 95.7 Å². The molecule has 2 aromatic heterocycles. The number of carboxylic acids is 16. The maximum absolute atomic E-state index is 13.2. The van der Waals surface area contributed by atoms with Crippen molar-refractivity contribution in [1.82, 2.24) is 20.1 Å². The summed E-state index contributed by atoms with van der Waals surface area (Å²) in [5.74, 6) is -94.0. The second-order valence-electron chi connectivity index (χ2n) is 28.4. The fraction of sp³-hybridized carbons (Fsp3) is 0.469. The monoisotopic (exact) mass is 2080 g/mol. The van der Waals surface area contributed by atoms with Crippen LogP contribution in [-0.4, -0.2) is 355 Å². The molecule has 782 valence electrons. The van der Waals surface area contributed by atoms with Gasteiger partial charge in [0.1, 0.15) is 6.04 Å². The van der Waals surface area contributed by atoms with E-state index in [4.69, 9.17) is 101 Å². The molecule has 18 N–H and O–H groups in total. The molecule has 0 spiro atoms. The van der Waals surface area contributed by atoms with E-state index in [2.05, 4.69) is 10.3 Å². The minimum absolute atomic E-state index is 0.0194. The zero-order valence-corrected chi connectivity index (χ0v) is 73.8. The molecule has 5 aromatic rings. The van der Waals surface area contributed by atoms with E-state index in [1.807, 2.05) is 24.3 Å². The number of carbonyl (C=O) groups is 17. The van der Waals surface area contributed by atoms with Gasteiger partial charge in [0.25, 0.3) is 0 Å².